The van der Waals surface area contributed by atoms with Crippen molar-refractivity contribution in [3.8, 4) is 40.1 Å². The first-order chi connectivity index (χ1) is 17.9. The van der Waals surface area contributed by atoms with Gasteiger partial charge in [0.05, 0.1) is 12.1 Å². The summed E-state index contributed by atoms with van der Waals surface area (Å²) in [6, 6.07) is 19.3. The molecule has 1 N–H and O–H groups in total. The summed E-state index contributed by atoms with van der Waals surface area (Å²) in [5, 5.41) is 33.0. The summed E-state index contributed by atoms with van der Waals surface area (Å²) >= 11 is 5.84. The van der Waals surface area contributed by atoms with E-state index in [4.69, 9.17) is 37.1 Å². The van der Waals surface area contributed by atoms with E-state index >= 15 is 0 Å². The van der Waals surface area contributed by atoms with E-state index in [1.54, 1.807) is 36.4 Å². The van der Waals surface area contributed by atoms with Crippen LogP contribution in [-0.4, -0.2) is 36.4 Å². The quantitative estimate of drug-likeness (QED) is 0.388. The zero-order valence-corrected chi connectivity index (χ0v) is 23.9. The van der Waals surface area contributed by atoms with Gasteiger partial charge in [0, 0.05) is 30.6 Å². The summed E-state index contributed by atoms with van der Waals surface area (Å²) in [6.45, 7) is 0. The molecule has 0 fully saturated rings. The molecule has 11 heteroatoms. The fourth-order valence-corrected chi connectivity index (χ4v) is 3.06. The molecule has 0 bridgehead atoms. The summed E-state index contributed by atoms with van der Waals surface area (Å²) in [5.41, 5.74) is 3.15. The van der Waals surface area contributed by atoms with E-state index in [0.29, 0.717) is 28.0 Å². The number of aliphatic hydroxyl groups is 1. The molecule has 190 valence electrons. The van der Waals surface area contributed by atoms with Gasteiger partial charge in [0.25, 0.3) is 0 Å². The molecule has 2 aromatic heterocycles. The molecule has 4 rings (SSSR count). The van der Waals surface area contributed by atoms with E-state index in [9.17, 15) is 8.78 Å². The molecule has 2 aromatic carbocycles. The standard InChI is InChI=1S/C13H9FN2O.C12H6ClFN2.CH4O.CH3O.Na/c1-17-13-6-10(8-16-12(13)7-15)9-3-2-4-11(14)5-9;13-11-5-9(7-16-12(11)6-15)8-2-1-3-10(14)4-8;2*1-2;/h2-6,8H,1H3;1-5,7H;2H,1H3;1H3;/q;;;-1;+1. The van der Waals surface area contributed by atoms with Crippen molar-refractivity contribution < 1.29 is 53.3 Å². The number of pyridine rings is 2. The van der Waals surface area contributed by atoms with Gasteiger partial charge in [0.15, 0.2) is 17.1 Å². The van der Waals surface area contributed by atoms with Gasteiger partial charge in [0.1, 0.15) is 23.8 Å². The molecule has 0 atom stereocenters. The number of aliphatic hydroxyl groups excluding tert-OH is 1. The minimum atomic E-state index is -0.321. The second kappa shape index (κ2) is 18.8. The van der Waals surface area contributed by atoms with Crippen LogP contribution >= 0.6 is 11.6 Å². The molecule has 38 heavy (non-hydrogen) atoms. The number of ether oxygens (including phenoxy) is 1. The van der Waals surface area contributed by atoms with Crippen LogP contribution in [0.2, 0.25) is 5.02 Å². The number of nitrogens with zero attached hydrogens (tertiary/aromatic N) is 4. The van der Waals surface area contributed by atoms with Gasteiger partial charge in [-0.25, -0.2) is 18.7 Å². The fourth-order valence-electron chi connectivity index (χ4n) is 2.86. The first-order valence-corrected chi connectivity index (χ1v) is 10.7. The van der Waals surface area contributed by atoms with Gasteiger partial charge in [0.2, 0.25) is 0 Å². The van der Waals surface area contributed by atoms with Gasteiger partial charge in [-0.2, -0.15) is 17.6 Å². The van der Waals surface area contributed by atoms with Crippen molar-refractivity contribution in [3.63, 3.8) is 0 Å². The number of methoxy groups -OCH3 is 1. The van der Waals surface area contributed by atoms with Crippen LogP contribution < -0.4 is 39.4 Å². The third-order valence-corrected chi connectivity index (χ3v) is 4.73. The minimum absolute atomic E-state index is 0. The second-order valence-electron chi connectivity index (χ2n) is 6.57. The Labute approximate surface area is 246 Å². The summed E-state index contributed by atoms with van der Waals surface area (Å²) in [5.74, 6) is -0.252. The molecular formula is C27H22ClF2N4NaO3. The maximum atomic E-state index is 13.1. The van der Waals surface area contributed by atoms with Gasteiger partial charge in [-0.1, -0.05) is 35.9 Å². The third-order valence-electron chi connectivity index (χ3n) is 4.44. The molecule has 0 aliphatic carbocycles. The number of aromatic nitrogens is 2. The normalized spacial score (nSPS) is 8.79. The average Bonchev–Trinajstić information content (AvgIpc) is 2.95. The van der Waals surface area contributed by atoms with Gasteiger partial charge in [-0.3, -0.25) is 0 Å². The van der Waals surface area contributed by atoms with Crippen molar-refractivity contribution in [2.45, 2.75) is 0 Å². The van der Waals surface area contributed by atoms with E-state index < -0.39 is 0 Å². The van der Waals surface area contributed by atoms with Gasteiger partial charge >= 0.3 is 29.6 Å². The molecule has 0 unspecified atom stereocenters. The van der Waals surface area contributed by atoms with Crippen LogP contribution in [0.1, 0.15) is 11.4 Å². The van der Waals surface area contributed by atoms with Crippen molar-refractivity contribution in [2.75, 3.05) is 21.3 Å². The summed E-state index contributed by atoms with van der Waals surface area (Å²) in [7, 11) is 3.22. The topological polar surface area (TPSA) is 126 Å². The Balaban J connectivity index is 0.000000624. The minimum Gasteiger partial charge on any atom is -0.857 e. The van der Waals surface area contributed by atoms with E-state index in [2.05, 4.69) is 9.97 Å². The summed E-state index contributed by atoms with van der Waals surface area (Å²) in [4.78, 5) is 7.85. The van der Waals surface area contributed by atoms with Crippen LogP contribution in [0.4, 0.5) is 8.78 Å². The summed E-state index contributed by atoms with van der Waals surface area (Å²) in [6.07, 6.45) is 3.02. The zero-order valence-electron chi connectivity index (χ0n) is 21.1. The van der Waals surface area contributed by atoms with Crippen molar-refractivity contribution in [3.05, 3.63) is 101 Å². The molecule has 0 radical (unpaired) electrons. The Bertz CT molecular complexity index is 1400. The van der Waals surface area contributed by atoms with Crippen molar-refractivity contribution in [1.82, 2.24) is 9.97 Å². The molecule has 4 aromatic rings. The van der Waals surface area contributed by atoms with E-state index in [1.165, 1.54) is 43.8 Å². The van der Waals surface area contributed by atoms with E-state index in [0.717, 1.165) is 14.2 Å². The Kier molecular flexibility index (Phi) is 17.1. The fraction of sp³-hybridized carbons (Fsp3) is 0.111. The predicted octanol–water partition coefficient (Wildman–Crippen LogP) is 1.77. The zero-order chi connectivity index (χ0) is 27.8. The predicted molar refractivity (Wildman–Crippen MR) is 134 cm³/mol. The molecule has 2 heterocycles. The molecular weight excluding hydrogens is 525 g/mol. The van der Waals surface area contributed by atoms with Crippen LogP contribution in [0.15, 0.2) is 73.1 Å². The molecule has 0 saturated heterocycles. The van der Waals surface area contributed by atoms with Crippen LogP contribution in [0.25, 0.3) is 22.3 Å². The van der Waals surface area contributed by atoms with E-state index in [1.807, 2.05) is 12.1 Å². The first-order valence-electron chi connectivity index (χ1n) is 10.3. The van der Waals surface area contributed by atoms with Crippen molar-refractivity contribution in [1.29, 1.82) is 10.5 Å². The number of rotatable bonds is 3. The number of hydrogen-bond acceptors (Lipinski definition) is 7. The molecule has 0 aliphatic heterocycles. The van der Waals surface area contributed by atoms with Gasteiger partial charge in [-0.05, 0) is 47.5 Å². The molecule has 0 aliphatic rings. The van der Waals surface area contributed by atoms with Crippen molar-refractivity contribution >= 4 is 11.6 Å². The number of halogens is 3. The smallest absolute Gasteiger partial charge is 0.857 e. The number of hydrogen-bond donors (Lipinski definition) is 1. The van der Waals surface area contributed by atoms with Crippen molar-refractivity contribution in [2.24, 2.45) is 0 Å². The van der Waals surface area contributed by atoms with Crippen LogP contribution in [0.3, 0.4) is 0 Å². The number of benzene rings is 2. The molecule has 7 nitrogen and oxygen atoms in total. The molecule has 0 spiro atoms. The Morgan fingerprint density at radius 1 is 0.789 bits per heavy atom. The largest absolute Gasteiger partial charge is 1.00 e. The maximum Gasteiger partial charge on any atom is 1.00 e. The molecule has 0 amide bonds. The van der Waals surface area contributed by atoms with Crippen LogP contribution in [0, 0.1) is 34.3 Å². The van der Waals surface area contributed by atoms with Gasteiger partial charge in [-0.15, -0.1) is 0 Å². The second-order valence-corrected chi connectivity index (χ2v) is 6.98. The Hall–Kier alpha value is -3.41. The average molecular weight is 547 g/mol. The van der Waals surface area contributed by atoms with Crippen LogP contribution in [-0.2, 0) is 0 Å². The monoisotopic (exact) mass is 546 g/mol. The number of nitriles is 2. The Morgan fingerprint density at radius 3 is 1.63 bits per heavy atom. The van der Waals surface area contributed by atoms with E-state index in [-0.39, 0.29) is 57.6 Å². The summed E-state index contributed by atoms with van der Waals surface area (Å²) < 4.78 is 31.1. The maximum absolute atomic E-state index is 13.1. The molecule has 0 saturated carbocycles. The third kappa shape index (κ3) is 10.2. The SMILES string of the molecule is CO.COc1cc(-c2cccc(F)c2)cnc1C#N.C[O-].N#Cc1ncc(-c2cccc(F)c2)cc1Cl.[Na+]. The Morgan fingerprint density at radius 2 is 1.24 bits per heavy atom. The first kappa shape index (κ1) is 34.6. The van der Waals surface area contributed by atoms with Crippen LogP contribution in [0.5, 0.6) is 5.75 Å². The van der Waals surface area contributed by atoms with Gasteiger partial charge < -0.3 is 14.9 Å².